The van der Waals surface area contributed by atoms with Crippen molar-refractivity contribution in [2.24, 2.45) is 5.41 Å². The van der Waals surface area contributed by atoms with Crippen molar-refractivity contribution in [3.63, 3.8) is 0 Å². The van der Waals surface area contributed by atoms with E-state index in [4.69, 9.17) is 4.74 Å². The van der Waals surface area contributed by atoms with Crippen molar-refractivity contribution in [2.45, 2.75) is 24.7 Å². The fraction of sp³-hybridized carbons (Fsp3) is 0.444. The van der Waals surface area contributed by atoms with Crippen LogP contribution in [0.15, 0.2) is 52.2 Å². The number of fused-ring (bicyclic) bond motifs is 1. The minimum absolute atomic E-state index is 0.160. The molecule has 1 aromatic rings. The molecule has 3 nitrogen and oxygen atoms in total. The molecule has 0 radical (unpaired) electrons. The summed E-state index contributed by atoms with van der Waals surface area (Å²) in [6.07, 6.45) is 4.61. The fourth-order valence-electron chi connectivity index (χ4n) is 3.62. The average Bonchev–Trinajstić information content (AvgIpc) is 3.25. The maximum absolute atomic E-state index is 5.60. The lowest BCUT2D eigenvalue weighted by molar-refractivity contribution is 0.0760. The molecule has 4 heteroatoms. The molecule has 1 unspecified atom stereocenters. The Hall–Kier alpha value is -1.23. The molecule has 1 aromatic carbocycles. The van der Waals surface area contributed by atoms with Crippen LogP contribution in [-0.4, -0.2) is 31.1 Å². The summed E-state index contributed by atoms with van der Waals surface area (Å²) in [4.78, 5) is 1.32. The number of benzene rings is 1. The first-order valence-corrected chi connectivity index (χ1v) is 8.66. The van der Waals surface area contributed by atoms with Gasteiger partial charge < -0.3 is 10.1 Å². The van der Waals surface area contributed by atoms with Crippen LogP contribution in [0.5, 0.6) is 0 Å². The van der Waals surface area contributed by atoms with Crippen molar-refractivity contribution in [3.8, 4) is 0 Å². The van der Waals surface area contributed by atoms with E-state index in [1.165, 1.54) is 21.9 Å². The quantitative estimate of drug-likeness (QED) is 0.863. The van der Waals surface area contributed by atoms with Gasteiger partial charge in [0.05, 0.1) is 12.3 Å². The van der Waals surface area contributed by atoms with E-state index in [0.29, 0.717) is 0 Å². The van der Waals surface area contributed by atoms with E-state index >= 15 is 0 Å². The normalized spacial score (nSPS) is 26.9. The van der Waals surface area contributed by atoms with Gasteiger partial charge in [0.1, 0.15) is 0 Å². The molecule has 3 aliphatic rings. The molecular weight excluding hydrogens is 292 g/mol. The maximum Gasteiger partial charge on any atom is 0.0578 e. The zero-order valence-electron chi connectivity index (χ0n) is 13.2. The summed E-state index contributed by atoms with van der Waals surface area (Å²) >= 11 is 1.88. The van der Waals surface area contributed by atoms with Gasteiger partial charge in [0, 0.05) is 42.6 Å². The van der Waals surface area contributed by atoms with Crippen molar-refractivity contribution >= 4 is 11.9 Å². The van der Waals surface area contributed by atoms with Crippen LogP contribution in [0.1, 0.15) is 18.4 Å². The maximum atomic E-state index is 5.60. The molecule has 1 aliphatic carbocycles. The largest absolute Gasteiger partial charge is 0.384 e. The van der Waals surface area contributed by atoms with Crippen LogP contribution >= 0.6 is 11.9 Å². The second-order valence-electron chi connectivity index (χ2n) is 6.59. The highest BCUT2D eigenvalue weighted by molar-refractivity contribution is 7.97. The minimum atomic E-state index is 0.160. The highest BCUT2D eigenvalue weighted by Gasteiger charge is 2.46. The van der Waals surface area contributed by atoms with Gasteiger partial charge in [-0.15, -0.1) is 0 Å². The Balaban J connectivity index is 1.52. The zero-order valence-corrected chi connectivity index (χ0v) is 14.0. The third-order valence-corrected chi connectivity index (χ3v) is 5.90. The first kappa shape index (κ1) is 14.4. The molecule has 22 heavy (non-hydrogen) atoms. The van der Waals surface area contributed by atoms with Crippen LogP contribution in [0.25, 0.3) is 0 Å². The molecule has 0 amide bonds. The van der Waals surface area contributed by atoms with Gasteiger partial charge in [0.2, 0.25) is 0 Å². The van der Waals surface area contributed by atoms with Crippen LogP contribution < -0.4 is 5.32 Å². The van der Waals surface area contributed by atoms with Gasteiger partial charge in [-0.1, -0.05) is 23.3 Å². The predicted octanol–water partition coefficient (Wildman–Crippen LogP) is 3.49. The molecule has 1 N–H and O–H groups in total. The number of allylic oxidation sites excluding steroid dienone is 2. The highest BCUT2D eigenvalue weighted by Crippen LogP contribution is 2.49. The zero-order chi connectivity index (χ0) is 15.2. The molecule has 2 heterocycles. The topological polar surface area (TPSA) is 34.4 Å². The van der Waals surface area contributed by atoms with Crippen LogP contribution in [0.2, 0.25) is 0 Å². The standard InChI is InChI=1S/C18H22N2OS/c1-13-3-5-15(6-4-13)22-20-8-7-14-9-16-17(19-16)10-18(14,11-20)12-21-2/h3-6,9,19H,7-8,10-12H2,1-2H3. The van der Waals surface area contributed by atoms with Gasteiger partial charge >= 0.3 is 0 Å². The van der Waals surface area contributed by atoms with Gasteiger partial charge in [0.15, 0.2) is 0 Å². The van der Waals surface area contributed by atoms with Crippen LogP contribution in [0.4, 0.5) is 0 Å². The number of methoxy groups -OCH3 is 1. The first-order chi connectivity index (χ1) is 10.7. The summed E-state index contributed by atoms with van der Waals surface area (Å²) in [5, 5.41) is 3.42. The number of ether oxygens (including phenoxy) is 1. The van der Waals surface area contributed by atoms with E-state index < -0.39 is 0 Å². The SMILES string of the molecule is COCC12CC3=C(C=C1CCN(Sc1ccc(C)cc1)C2)N3. The minimum Gasteiger partial charge on any atom is -0.384 e. The number of hydrogen-bond donors (Lipinski definition) is 1. The van der Waals surface area contributed by atoms with Crippen molar-refractivity contribution in [1.82, 2.24) is 9.62 Å². The molecule has 1 fully saturated rings. The van der Waals surface area contributed by atoms with Crippen molar-refractivity contribution in [3.05, 3.63) is 52.9 Å². The van der Waals surface area contributed by atoms with Crippen LogP contribution in [0, 0.1) is 12.3 Å². The summed E-state index contributed by atoms with van der Waals surface area (Å²) in [7, 11) is 1.82. The van der Waals surface area contributed by atoms with Crippen LogP contribution in [0.3, 0.4) is 0 Å². The molecule has 2 aliphatic heterocycles. The Morgan fingerprint density at radius 2 is 2.14 bits per heavy atom. The molecule has 1 saturated heterocycles. The number of nitrogens with zero attached hydrogens (tertiary/aromatic N) is 1. The van der Waals surface area contributed by atoms with E-state index in [1.807, 2.05) is 19.1 Å². The smallest absolute Gasteiger partial charge is 0.0578 e. The van der Waals surface area contributed by atoms with Crippen LogP contribution in [-0.2, 0) is 4.74 Å². The molecule has 0 bridgehead atoms. The van der Waals surface area contributed by atoms with E-state index in [0.717, 1.165) is 32.5 Å². The lowest BCUT2D eigenvalue weighted by Gasteiger charge is -2.44. The lowest BCUT2D eigenvalue weighted by Crippen LogP contribution is -2.45. The third kappa shape index (κ3) is 2.60. The lowest BCUT2D eigenvalue weighted by atomic mass is 9.72. The Bertz CT molecular complexity index is 650. The molecule has 0 saturated carbocycles. The monoisotopic (exact) mass is 314 g/mol. The summed E-state index contributed by atoms with van der Waals surface area (Å²) in [6.45, 7) is 5.11. The van der Waals surface area contributed by atoms with Gasteiger partial charge in [-0.2, -0.15) is 0 Å². The van der Waals surface area contributed by atoms with Gasteiger partial charge in [-0.3, -0.25) is 0 Å². The summed E-state index contributed by atoms with van der Waals surface area (Å²) in [5.74, 6) is 0. The summed E-state index contributed by atoms with van der Waals surface area (Å²) < 4.78 is 8.10. The fourth-order valence-corrected chi connectivity index (χ4v) is 4.67. The van der Waals surface area contributed by atoms with E-state index in [-0.39, 0.29) is 5.41 Å². The molecule has 116 valence electrons. The predicted molar refractivity (Wildman–Crippen MR) is 90.4 cm³/mol. The van der Waals surface area contributed by atoms with Crippen molar-refractivity contribution < 1.29 is 4.74 Å². The molecular formula is C18H22N2OS. The van der Waals surface area contributed by atoms with Gasteiger partial charge in [-0.25, -0.2) is 4.31 Å². The second-order valence-corrected chi connectivity index (χ2v) is 7.77. The Morgan fingerprint density at radius 3 is 2.91 bits per heavy atom. The van der Waals surface area contributed by atoms with Gasteiger partial charge in [0.25, 0.3) is 0 Å². The Kier molecular flexibility index (Phi) is 3.56. The molecule has 0 spiro atoms. The molecule has 4 rings (SSSR count). The highest BCUT2D eigenvalue weighted by atomic mass is 32.2. The summed E-state index contributed by atoms with van der Waals surface area (Å²) in [6, 6.07) is 8.82. The summed E-state index contributed by atoms with van der Waals surface area (Å²) in [5.41, 5.74) is 5.83. The number of piperidine rings is 1. The second kappa shape index (κ2) is 5.44. The Labute approximate surface area is 136 Å². The third-order valence-electron chi connectivity index (χ3n) is 4.85. The van der Waals surface area contributed by atoms with Crippen molar-refractivity contribution in [2.75, 3.05) is 26.8 Å². The molecule has 0 aromatic heterocycles. The first-order valence-electron chi connectivity index (χ1n) is 7.88. The van der Waals surface area contributed by atoms with E-state index in [9.17, 15) is 0 Å². The number of hydrogen-bond acceptors (Lipinski definition) is 4. The van der Waals surface area contributed by atoms with Gasteiger partial charge in [-0.05, 0) is 43.5 Å². The number of aryl methyl sites for hydroxylation is 1. The molecule has 1 atom stereocenters. The number of nitrogens with one attached hydrogen (secondary N) is 1. The number of rotatable bonds is 4. The van der Waals surface area contributed by atoms with Crippen molar-refractivity contribution in [1.29, 1.82) is 0 Å². The average molecular weight is 314 g/mol. The van der Waals surface area contributed by atoms with E-state index in [1.54, 1.807) is 5.57 Å². The Morgan fingerprint density at radius 1 is 1.32 bits per heavy atom. The van der Waals surface area contributed by atoms with E-state index in [2.05, 4.69) is 46.9 Å².